The largest absolute Gasteiger partial charge is 0.496 e. The Morgan fingerprint density at radius 2 is 2.05 bits per heavy atom. The summed E-state index contributed by atoms with van der Waals surface area (Å²) in [6.45, 7) is 0. The van der Waals surface area contributed by atoms with Crippen LogP contribution < -0.4 is 10.1 Å². The van der Waals surface area contributed by atoms with Crippen molar-refractivity contribution in [2.24, 2.45) is 0 Å². The highest BCUT2D eigenvalue weighted by Gasteiger charge is 2.12. The molecule has 2 heterocycles. The molecule has 3 rings (SSSR count). The lowest BCUT2D eigenvalue weighted by Crippen LogP contribution is -1.98. The molecule has 19 heavy (non-hydrogen) atoms. The third-order valence-corrected chi connectivity index (χ3v) is 3.05. The van der Waals surface area contributed by atoms with Gasteiger partial charge in [0.25, 0.3) is 0 Å². The van der Waals surface area contributed by atoms with Crippen molar-refractivity contribution in [3.05, 3.63) is 42.9 Å². The summed E-state index contributed by atoms with van der Waals surface area (Å²) in [5.74, 6) is 1.58. The Morgan fingerprint density at radius 1 is 1.21 bits per heavy atom. The van der Waals surface area contributed by atoms with E-state index in [9.17, 15) is 0 Å². The molecule has 0 aliphatic rings. The zero-order chi connectivity index (χ0) is 13.2. The number of benzene rings is 1. The molecule has 2 aromatic heterocycles. The van der Waals surface area contributed by atoms with Gasteiger partial charge < -0.3 is 10.1 Å². The number of rotatable bonds is 3. The van der Waals surface area contributed by atoms with Gasteiger partial charge in [-0.1, -0.05) is 12.1 Å². The standard InChI is InChI=1S/C14H14N4O/c1-15-13-14-17-9-11(18(14)8-7-16-13)10-5-3-4-6-12(10)19-2/h3-9H,1-2H3,(H,15,16). The van der Waals surface area contributed by atoms with Crippen molar-refractivity contribution < 1.29 is 4.74 Å². The van der Waals surface area contributed by atoms with Gasteiger partial charge in [0.05, 0.1) is 19.0 Å². The number of anilines is 1. The molecule has 0 saturated heterocycles. The van der Waals surface area contributed by atoms with Crippen LogP contribution >= 0.6 is 0 Å². The average Bonchev–Trinajstić information content (AvgIpc) is 2.90. The Labute approximate surface area is 110 Å². The molecule has 0 bridgehead atoms. The first-order valence-electron chi connectivity index (χ1n) is 5.98. The van der Waals surface area contributed by atoms with E-state index in [0.717, 1.165) is 28.5 Å². The number of aromatic nitrogens is 3. The van der Waals surface area contributed by atoms with Gasteiger partial charge in [0.1, 0.15) is 5.75 Å². The van der Waals surface area contributed by atoms with Gasteiger partial charge in [-0.3, -0.25) is 4.40 Å². The molecule has 0 atom stereocenters. The predicted octanol–water partition coefficient (Wildman–Crippen LogP) is 2.45. The Bertz CT molecular complexity index is 720. The molecule has 0 unspecified atom stereocenters. The van der Waals surface area contributed by atoms with E-state index < -0.39 is 0 Å². The van der Waals surface area contributed by atoms with Gasteiger partial charge in [0.2, 0.25) is 0 Å². The summed E-state index contributed by atoms with van der Waals surface area (Å²) in [7, 11) is 3.50. The molecular formula is C14H14N4O. The van der Waals surface area contributed by atoms with Gasteiger partial charge in [-0.15, -0.1) is 0 Å². The number of para-hydroxylation sites is 1. The maximum absolute atomic E-state index is 5.40. The Kier molecular flexibility index (Phi) is 2.79. The van der Waals surface area contributed by atoms with Crippen LogP contribution in [0.3, 0.4) is 0 Å². The number of nitrogens with zero attached hydrogens (tertiary/aromatic N) is 3. The molecule has 0 saturated carbocycles. The van der Waals surface area contributed by atoms with Gasteiger partial charge in [0.15, 0.2) is 11.5 Å². The number of ether oxygens (including phenoxy) is 1. The molecule has 0 aliphatic carbocycles. The van der Waals surface area contributed by atoms with Crippen LogP contribution in [-0.4, -0.2) is 28.5 Å². The summed E-state index contributed by atoms with van der Waals surface area (Å²) >= 11 is 0. The highest BCUT2D eigenvalue weighted by atomic mass is 16.5. The molecule has 1 aromatic carbocycles. The Morgan fingerprint density at radius 3 is 2.84 bits per heavy atom. The molecule has 5 nitrogen and oxygen atoms in total. The topological polar surface area (TPSA) is 51.5 Å². The molecule has 1 N–H and O–H groups in total. The van der Waals surface area contributed by atoms with E-state index in [2.05, 4.69) is 15.3 Å². The van der Waals surface area contributed by atoms with Gasteiger partial charge >= 0.3 is 0 Å². The Hall–Kier alpha value is -2.56. The van der Waals surface area contributed by atoms with E-state index >= 15 is 0 Å². The van der Waals surface area contributed by atoms with E-state index in [-0.39, 0.29) is 0 Å². The summed E-state index contributed by atoms with van der Waals surface area (Å²) in [5.41, 5.74) is 2.78. The molecule has 0 amide bonds. The average molecular weight is 254 g/mol. The fourth-order valence-electron chi connectivity index (χ4n) is 2.15. The van der Waals surface area contributed by atoms with Crippen LogP contribution in [-0.2, 0) is 0 Å². The minimum atomic E-state index is 0.753. The lowest BCUT2D eigenvalue weighted by atomic mass is 10.1. The second kappa shape index (κ2) is 4.61. The van der Waals surface area contributed by atoms with Gasteiger partial charge in [-0.2, -0.15) is 0 Å². The van der Waals surface area contributed by atoms with Crippen molar-refractivity contribution in [1.29, 1.82) is 0 Å². The molecule has 5 heteroatoms. The quantitative estimate of drug-likeness (QED) is 0.780. The van der Waals surface area contributed by atoms with E-state index in [1.807, 2.05) is 48.1 Å². The minimum Gasteiger partial charge on any atom is -0.496 e. The fraction of sp³-hybridized carbons (Fsp3) is 0.143. The Balaban J connectivity index is 2.26. The van der Waals surface area contributed by atoms with Crippen molar-refractivity contribution in [2.75, 3.05) is 19.5 Å². The van der Waals surface area contributed by atoms with Crippen LogP contribution in [0.25, 0.3) is 16.9 Å². The number of nitrogens with one attached hydrogen (secondary N) is 1. The summed E-state index contributed by atoms with van der Waals surface area (Å²) in [5, 5.41) is 3.04. The first-order valence-corrected chi connectivity index (χ1v) is 5.98. The third-order valence-electron chi connectivity index (χ3n) is 3.05. The highest BCUT2D eigenvalue weighted by Crippen LogP contribution is 2.30. The summed E-state index contributed by atoms with van der Waals surface area (Å²) in [6.07, 6.45) is 5.47. The van der Waals surface area contributed by atoms with Gasteiger partial charge in [-0.25, -0.2) is 9.97 Å². The third kappa shape index (κ3) is 1.79. The van der Waals surface area contributed by atoms with Crippen LogP contribution in [0.5, 0.6) is 5.75 Å². The smallest absolute Gasteiger partial charge is 0.180 e. The summed E-state index contributed by atoms with van der Waals surface area (Å²) in [6, 6.07) is 7.89. The molecule has 3 aromatic rings. The van der Waals surface area contributed by atoms with Crippen molar-refractivity contribution in [3.8, 4) is 17.0 Å². The minimum absolute atomic E-state index is 0.753. The monoisotopic (exact) mass is 254 g/mol. The lowest BCUT2D eigenvalue weighted by molar-refractivity contribution is 0.416. The molecule has 0 fully saturated rings. The number of hydrogen-bond donors (Lipinski definition) is 1. The van der Waals surface area contributed by atoms with Crippen LogP contribution in [0, 0.1) is 0 Å². The van der Waals surface area contributed by atoms with Crippen molar-refractivity contribution >= 4 is 11.5 Å². The van der Waals surface area contributed by atoms with E-state index in [0.29, 0.717) is 0 Å². The first-order chi connectivity index (χ1) is 9.35. The maximum Gasteiger partial charge on any atom is 0.180 e. The predicted molar refractivity (Wildman–Crippen MR) is 74.5 cm³/mol. The lowest BCUT2D eigenvalue weighted by Gasteiger charge is -2.08. The molecule has 0 spiro atoms. The molecule has 0 aliphatic heterocycles. The summed E-state index contributed by atoms with van der Waals surface area (Å²) in [4.78, 5) is 8.67. The zero-order valence-electron chi connectivity index (χ0n) is 10.8. The van der Waals surface area contributed by atoms with Crippen molar-refractivity contribution in [1.82, 2.24) is 14.4 Å². The maximum atomic E-state index is 5.40. The molecule has 0 radical (unpaired) electrons. The first kappa shape index (κ1) is 11.5. The van der Waals surface area contributed by atoms with Crippen LogP contribution in [0.15, 0.2) is 42.9 Å². The van der Waals surface area contributed by atoms with Crippen LogP contribution in [0.2, 0.25) is 0 Å². The van der Waals surface area contributed by atoms with E-state index in [4.69, 9.17) is 4.74 Å². The van der Waals surface area contributed by atoms with Crippen molar-refractivity contribution in [3.63, 3.8) is 0 Å². The molecule has 96 valence electrons. The van der Waals surface area contributed by atoms with Crippen molar-refractivity contribution in [2.45, 2.75) is 0 Å². The van der Waals surface area contributed by atoms with Gasteiger partial charge in [0, 0.05) is 25.0 Å². The second-order valence-corrected chi connectivity index (χ2v) is 4.06. The molecular weight excluding hydrogens is 240 g/mol. The summed E-state index contributed by atoms with van der Waals surface area (Å²) < 4.78 is 7.40. The van der Waals surface area contributed by atoms with Crippen LogP contribution in [0.1, 0.15) is 0 Å². The number of imidazole rings is 1. The van der Waals surface area contributed by atoms with Gasteiger partial charge in [-0.05, 0) is 12.1 Å². The van der Waals surface area contributed by atoms with E-state index in [1.165, 1.54) is 0 Å². The fourth-order valence-corrected chi connectivity index (χ4v) is 2.15. The van der Waals surface area contributed by atoms with E-state index in [1.54, 1.807) is 13.3 Å². The number of hydrogen-bond acceptors (Lipinski definition) is 4. The normalized spacial score (nSPS) is 10.6. The van der Waals surface area contributed by atoms with Crippen LogP contribution in [0.4, 0.5) is 5.82 Å². The number of methoxy groups -OCH3 is 1. The number of fused-ring (bicyclic) bond motifs is 1. The highest BCUT2D eigenvalue weighted by molar-refractivity contribution is 5.73. The SMILES string of the molecule is CNc1nccn2c(-c3ccccc3OC)cnc12. The zero-order valence-corrected chi connectivity index (χ0v) is 10.8. The second-order valence-electron chi connectivity index (χ2n) is 4.06.